The highest BCUT2D eigenvalue weighted by Gasteiger charge is 2.19. The lowest BCUT2D eigenvalue weighted by Crippen LogP contribution is -2.41. The van der Waals surface area contributed by atoms with Crippen molar-refractivity contribution in [1.29, 1.82) is 0 Å². The van der Waals surface area contributed by atoms with E-state index < -0.39 is 23.9 Å². The number of hydrogen-bond donors (Lipinski definition) is 5. The first-order valence-electron chi connectivity index (χ1n) is 5.62. The Hall–Kier alpha value is -2.32. The van der Waals surface area contributed by atoms with Gasteiger partial charge in [-0.1, -0.05) is 0 Å². The van der Waals surface area contributed by atoms with Crippen molar-refractivity contribution < 1.29 is 24.6 Å². The summed E-state index contributed by atoms with van der Waals surface area (Å²) in [5.74, 6) is -3.00. The molecule has 108 valence electrons. The molecule has 0 aliphatic heterocycles. The van der Waals surface area contributed by atoms with Gasteiger partial charge < -0.3 is 27.0 Å². The lowest BCUT2D eigenvalue weighted by molar-refractivity contribution is -0.142. The van der Waals surface area contributed by atoms with Crippen molar-refractivity contribution in [3.63, 3.8) is 0 Å². The molecule has 0 rings (SSSR count). The van der Waals surface area contributed by atoms with Gasteiger partial charge in [0, 0.05) is 13.0 Å². The second-order valence-corrected chi connectivity index (χ2v) is 3.80. The SMILES string of the molecule is NC(N)=NCCC[C@@H](NC(=O)CCC(=O)O)C(=O)O. The molecular formula is C10H18N4O5. The van der Waals surface area contributed by atoms with E-state index in [4.69, 9.17) is 21.7 Å². The van der Waals surface area contributed by atoms with Gasteiger partial charge in [-0.2, -0.15) is 0 Å². The summed E-state index contributed by atoms with van der Waals surface area (Å²) in [6.07, 6.45) is -0.0574. The number of aliphatic imine (C=N–C) groups is 1. The molecule has 7 N–H and O–H groups in total. The minimum atomic E-state index is -1.19. The Bertz CT molecular complexity index is 365. The fraction of sp³-hybridized carbons (Fsp3) is 0.600. The van der Waals surface area contributed by atoms with E-state index in [1.54, 1.807) is 0 Å². The predicted molar refractivity (Wildman–Crippen MR) is 66.3 cm³/mol. The predicted octanol–water partition coefficient (Wildman–Crippen LogP) is -1.53. The summed E-state index contributed by atoms with van der Waals surface area (Å²) < 4.78 is 0. The van der Waals surface area contributed by atoms with Crippen LogP contribution in [0.25, 0.3) is 0 Å². The topological polar surface area (TPSA) is 168 Å². The van der Waals surface area contributed by atoms with Crippen molar-refractivity contribution in [3.05, 3.63) is 0 Å². The zero-order valence-corrected chi connectivity index (χ0v) is 10.3. The molecule has 9 heteroatoms. The van der Waals surface area contributed by atoms with Gasteiger partial charge in [0.1, 0.15) is 6.04 Å². The Kier molecular flexibility index (Phi) is 7.66. The Morgan fingerprint density at radius 1 is 1.16 bits per heavy atom. The summed E-state index contributed by atoms with van der Waals surface area (Å²) in [5, 5.41) is 19.5. The zero-order valence-electron chi connectivity index (χ0n) is 10.3. The molecule has 0 fully saturated rings. The fourth-order valence-electron chi connectivity index (χ4n) is 1.25. The number of nitrogens with two attached hydrogens (primary N) is 2. The van der Waals surface area contributed by atoms with E-state index in [1.165, 1.54) is 0 Å². The van der Waals surface area contributed by atoms with Crippen LogP contribution in [0.5, 0.6) is 0 Å². The highest BCUT2D eigenvalue weighted by Crippen LogP contribution is 2.00. The quantitative estimate of drug-likeness (QED) is 0.193. The Morgan fingerprint density at radius 2 is 1.79 bits per heavy atom. The van der Waals surface area contributed by atoms with Crippen LogP contribution in [0.2, 0.25) is 0 Å². The summed E-state index contributed by atoms with van der Waals surface area (Å²) in [6.45, 7) is 0.261. The number of aliphatic carboxylic acids is 2. The van der Waals surface area contributed by atoms with Crippen LogP contribution in [-0.2, 0) is 14.4 Å². The maximum atomic E-state index is 11.3. The second kappa shape index (κ2) is 8.72. The Labute approximate surface area is 109 Å². The number of carbonyl (C=O) groups excluding carboxylic acids is 1. The number of rotatable bonds is 9. The molecule has 0 aromatic heterocycles. The maximum Gasteiger partial charge on any atom is 0.326 e. The van der Waals surface area contributed by atoms with Crippen LogP contribution in [0.1, 0.15) is 25.7 Å². The number of nitrogens with zero attached hydrogens (tertiary/aromatic N) is 1. The van der Waals surface area contributed by atoms with Crippen LogP contribution < -0.4 is 16.8 Å². The molecule has 0 aromatic carbocycles. The summed E-state index contributed by atoms with van der Waals surface area (Å²) in [5.41, 5.74) is 10.2. The van der Waals surface area contributed by atoms with Crippen LogP contribution in [0, 0.1) is 0 Å². The smallest absolute Gasteiger partial charge is 0.326 e. The molecule has 0 aliphatic carbocycles. The number of hydrogen-bond acceptors (Lipinski definition) is 4. The first-order chi connectivity index (χ1) is 8.82. The van der Waals surface area contributed by atoms with Crippen molar-refractivity contribution in [2.75, 3.05) is 6.54 Å². The third kappa shape index (κ3) is 9.39. The van der Waals surface area contributed by atoms with E-state index in [9.17, 15) is 14.4 Å². The van der Waals surface area contributed by atoms with Crippen LogP contribution in [0.4, 0.5) is 0 Å². The van der Waals surface area contributed by atoms with Crippen LogP contribution in [0.3, 0.4) is 0 Å². The minimum Gasteiger partial charge on any atom is -0.481 e. The molecule has 0 heterocycles. The fourth-order valence-corrected chi connectivity index (χ4v) is 1.25. The standard InChI is InChI=1S/C10H18N4O5/c11-10(12)13-5-1-2-6(9(18)19)14-7(15)3-4-8(16)17/h6H,1-5H2,(H,14,15)(H,16,17)(H,18,19)(H4,11,12,13)/t6-/m1/s1. The average Bonchev–Trinajstić information content (AvgIpc) is 2.29. The highest BCUT2D eigenvalue weighted by atomic mass is 16.4. The number of carboxylic acids is 2. The van der Waals surface area contributed by atoms with E-state index in [-0.39, 0.29) is 31.8 Å². The Balaban J connectivity index is 4.11. The molecule has 0 unspecified atom stereocenters. The van der Waals surface area contributed by atoms with E-state index in [2.05, 4.69) is 10.3 Å². The van der Waals surface area contributed by atoms with Gasteiger partial charge in [0.25, 0.3) is 0 Å². The van der Waals surface area contributed by atoms with Crippen molar-refractivity contribution in [3.8, 4) is 0 Å². The van der Waals surface area contributed by atoms with E-state index >= 15 is 0 Å². The molecule has 0 aromatic rings. The lowest BCUT2D eigenvalue weighted by atomic mass is 10.1. The normalized spacial score (nSPS) is 11.4. The number of carbonyl (C=O) groups is 3. The molecule has 0 spiro atoms. The molecule has 0 saturated carbocycles. The summed E-state index contributed by atoms with van der Waals surface area (Å²) >= 11 is 0. The van der Waals surface area contributed by atoms with Gasteiger partial charge in [0.05, 0.1) is 6.42 Å². The van der Waals surface area contributed by atoms with Crippen molar-refractivity contribution >= 4 is 23.8 Å². The van der Waals surface area contributed by atoms with Crippen molar-refractivity contribution in [1.82, 2.24) is 5.32 Å². The molecule has 1 atom stereocenters. The second-order valence-electron chi connectivity index (χ2n) is 3.80. The van der Waals surface area contributed by atoms with Gasteiger partial charge in [-0.05, 0) is 12.8 Å². The van der Waals surface area contributed by atoms with E-state index in [0.29, 0.717) is 6.42 Å². The summed E-state index contributed by atoms with van der Waals surface area (Å²) in [6, 6.07) is -1.07. The molecule has 19 heavy (non-hydrogen) atoms. The number of carboxylic acid groups (broad SMARTS) is 2. The van der Waals surface area contributed by atoms with Crippen LogP contribution in [0.15, 0.2) is 4.99 Å². The molecular weight excluding hydrogens is 256 g/mol. The van der Waals surface area contributed by atoms with Crippen LogP contribution >= 0.6 is 0 Å². The first-order valence-corrected chi connectivity index (χ1v) is 5.62. The number of guanidine groups is 1. The first kappa shape index (κ1) is 16.7. The van der Waals surface area contributed by atoms with E-state index in [1.807, 2.05) is 0 Å². The van der Waals surface area contributed by atoms with E-state index in [0.717, 1.165) is 0 Å². The largest absolute Gasteiger partial charge is 0.481 e. The molecule has 0 aliphatic rings. The summed E-state index contributed by atoms with van der Waals surface area (Å²) in [7, 11) is 0. The monoisotopic (exact) mass is 274 g/mol. The summed E-state index contributed by atoms with van der Waals surface area (Å²) in [4.78, 5) is 36.1. The van der Waals surface area contributed by atoms with Gasteiger partial charge in [0.15, 0.2) is 5.96 Å². The molecule has 0 radical (unpaired) electrons. The average molecular weight is 274 g/mol. The third-order valence-electron chi connectivity index (χ3n) is 2.14. The zero-order chi connectivity index (χ0) is 14.8. The van der Waals surface area contributed by atoms with Gasteiger partial charge in [-0.25, -0.2) is 4.79 Å². The Morgan fingerprint density at radius 3 is 2.26 bits per heavy atom. The molecule has 0 bridgehead atoms. The van der Waals surface area contributed by atoms with Gasteiger partial charge in [-0.15, -0.1) is 0 Å². The van der Waals surface area contributed by atoms with Crippen molar-refractivity contribution in [2.24, 2.45) is 16.5 Å². The van der Waals surface area contributed by atoms with Crippen LogP contribution in [-0.4, -0.2) is 46.6 Å². The van der Waals surface area contributed by atoms with Gasteiger partial charge >= 0.3 is 11.9 Å². The molecule has 0 saturated heterocycles. The number of amides is 1. The van der Waals surface area contributed by atoms with Gasteiger partial charge in [0.2, 0.25) is 5.91 Å². The van der Waals surface area contributed by atoms with Crippen molar-refractivity contribution in [2.45, 2.75) is 31.7 Å². The molecule has 1 amide bonds. The minimum absolute atomic E-state index is 0.0858. The lowest BCUT2D eigenvalue weighted by Gasteiger charge is -2.13. The highest BCUT2D eigenvalue weighted by molar-refractivity contribution is 5.85. The number of nitrogens with one attached hydrogen (secondary N) is 1. The molecule has 9 nitrogen and oxygen atoms in total. The van der Waals surface area contributed by atoms with Gasteiger partial charge in [-0.3, -0.25) is 14.6 Å². The third-order valence-corrected chi connectivity index (χ3v) is 2.14. The maximum absolute atomic E-state index is 11.3.